The molecule has 7 nitrogen and oxygen atoms in total. The maximum absolute atomic E-state index is 9.84. The summed E-state index contributed by atoms with van der Waals surface area (Å²) < 4.78 is 1.82. The van der Waals surface area contributed by atoms with Gasteiger partial charge >= 0.3 is 0 Å². The van der Waals surface area contributed by atoms with Gasteiger partial charge in [-0.25, -0.2) is 9.50 Å². The van der Waals surface area contributed by atoms with Crippen molar-refractivity contribution in [3.63, 3.8) is 0 Å². The molecule has 0 amide bonds. The second-order valence-corrected chi connectivity index (χ2v) is 7.15. The molecule has 1 aliphatic carbocycles. The Labute approximate surface area is 149 Å². The molecule has 0 unspecified atom stereocenters. The number of hydrogen-bond acceptors (Lipinski definition) is 6. The van der Waals surface area contributed by atoms with Crippen LogP contribution in [0.2, 0.25) is 0 Å². The molecule has 130 valence electrons. The van der Waals surface area contributed by atoms with E-state index in [1.54, 1.807) is 12.4 Å². The first kappa shape index (κ1) is 15.2. The molecule has 1 aliphatic rings. The van der Waals surface area contributed by atoms with Gasteiger partial charge in [0, 0.05) is 30.2 Å². The van der Waals surface area contributed by atoms with E-state index in [0.717, 1.165) is 27.7 Å². The fraction of sp³-hybridized carbons (Fsp3) is 0.263. The molecule has 2 N–H and O–H groups in total. The summed E-state index contributed by atoms with van der Waals surface area (Å²) in [6, 6.07) is 8.28. The van der Waals surface area contributed by atoms with Crippen LogP contribution in [0.3, 0.4) is 0 Å². The molecule has 0 bridgehead atoms. The van der Waals surface area contributed by atoms with Crippen LogP contribution in [0.1, 0.15) is 19.8 Å². The maximum atomic E-state index is 9.84. The quantitative estimate of drug-likeness (QED) is 0.593. The summed E-state index contributed by atoms with van der Waals surface area (Å²) in [7, 11) is 0. The van der Waals surface area contributed by atoms with Crippen LogP contribution in [0, 0.1) is 0 Å². The summed E-state index contributed by atoms with van der Waals surface area (Å²) in [6.07, 6.45) is 8.56. The van der Waals surface area contributed by atoms with E-state index < -0.39 is 5.60 Å². The average molecular weight is 346 g/mol. The number of anilines is 1. The lowest BCUT2D eigenvalue weighted by molar-refractivity contribution is -0.0236. The molecular weight excluding hydrogens is 328 g/mol. The number of nitrogens with one attached hydrogen (secondary N) is 1. The molecule has 4 aromatic rings. The highest BCUT2D eigenvalue weighted by molar-refractivity contribution is 5.86. The summed E-state index contributed by atoms with van der Waals surface area (Å²) in [5.74, 6) is 0.574. The molecule has 26 heavy (non-hydrogen) atoms. The van der Waals surface area contributed by atoms with Crippen LogP contribution in [-0.2, 0) is 0 Å². The molecule has 0 radical (unpaired) electrons. The minimum absolute atomic E-state index is 0.219. The van der Waals surface area contributed by atoms with E-state index >= 15 is 0 Å². The highest BCUT2D eigenvalue weighted by atomic mass is 16.3. The van der Waals surface area contributed by atoms with Crippen molar-refractivity contribution in [3.05, 3.63) is 49.1 Å². The molecule has 1 fully saturated rings. The predicted molar refractivity (Wildman–Crippen MR) is 98.8 cm³/mol. The normalized spacial score (nSPS) is 22.5. The third-order valence-corrected chi connectivity index (χ3v) is 4.90. The standard InChI is InChI=1S/C19H18N6O/c1-19(26)9-13(10-19)23-18-22-11-17-14(4-7-25(17)24-18)12-2-3-15-16(8-12)21-6-5-20-15/h2-8,11,13,26H,9-10H2,1H3,(H,23,24). The smallest absolute Gasteiger partial charge is 0.241 e. The number of nitrogens with zero attached hydrogens (tertiary/aromatic N) is 5. The maximum Gasteiger partial charge on any atom is 0.241 e. The van der Waals surface area contributed by atoms with Crippen molar-refractivity contribution in [1.82, 2.24) is 24.6 Å². The molecule has 0 saturated heterocycles. The number of fused-ring (bicyclic) bond motifs is 2. The van der Waals surface area contributed by atoms with E-state index in [9.17, 15) is 5.11 Å². The first-order chi connectivity index (χ1) is 12.6. The third-order valence-electron chi connectivity index (χ3n) is 4.90. The van der Waals surface area contributed by atoms with Crippen molar-refractivity contribution in [2.75, 3.05) is 5.32 Å². The summed E-state index contributed by atoms with van der Waals surface area (Å²) in [6.45, 7) is 1.85. The minimum atomic E-state index is -0.568. The fourth-order valence-corrected chi connectivity index (χ4v) is 3.63. The molecule has 3 heterocycles. The molecule has 0 aliphatic heterocycles. The number of benzene rings is 1. The van der Waals surface area contributed by atoms with E-state index in [0.29, 0.717) is 18.8 Å². The Kier molecular flexibility index (Phi) is 3.20. The molecule has 7 heteroatoms. The molecule has 0 spiro atoms. The Morgan fingerprint density at radius 2 is 1.92 bits per heavy atom. The van der Waals surface area contributed by atoms with Crippen LogP contribution in [0.15, 0.2) is 49.1 Å². The average Bonchev–Trinajstić information content (AvgIpc) is 3.03. The van der Waals surface area contributed by atoms with Gasteiger partial charge in [-0.3, -0.25) is 9.97 Å². The van der Waals surface area contributed by atoms with Crippen molar-refractivity contribution in [2.45, 2.75) is 31.4 Å². The van der Waals surface area contributed by atoms with Gasteiger partial charge in [-0.05, 0) is 43.5 Å². The van der Waals surface area contributed by atoms with Crippen molar-refractivity contribution >= 4 is 22.5 Å². The van der Waals surface area contributed by atoms with Gasteiger partial charge < -0.3 is 10.4 Å². The largest absolute Gasteiger partial charge is 0.390 e. The van der Waals surface area contributed by atoms with Crippen molar-refractivity contribution in [2.24, 2.45) is 0 Å². The molecule has 5 rings (SSSR count). The van der Waals surface area contributed by atoms with E-state index in [-0.39, 0.29) is 6.04 Å². The van der Waals surface area contributed by atoms with Crippen molar-refractivity contribution < 1.29 is 5.11 Å². The molecule has 1 saturated carbocycles. The Morgan fingerprint density at radius 1 is 1.12 bits per heavy atom. The Bertz CT molecular complexity index is 1110. The Balaban J connectivity index is 1.47. The highest BCUT2D eigenvalue weighted by Gasteiger charge is 2.38. The number of aliphatic hydroxyl groups is 1. The molecule has 3 aromatic heterocycles. The summed E-state index contributed by atoms with van der Waals surface area (Å²) in [5, 5.41) is 17.7. The van der Waals surface area contributed by atoms with Gasteiger partial charge in [0.1, 0.15) is 0 Å². The van der Waals surface area contributed by atoms with Crippen LogP contribution in [0.25, 0.3) is 27.7 Å². The van der Waals surface area contributed by atoms with Crippen molar-refractivity contribution in [3.8, 4) is 11.1 Å². The zero-order valence-electron chi connectivity index (χ0n) is 14.3. The van der Waals surface area contributed by atoms with Crippen LogP contribution in [0.5, 0.6) is 0 Å². The Hall–Kier alpha value is -3.06. The second-order valence-electron chi connectivity index (χ2n) is 7.15. The van der Waals surface area contributed by atoms with E-state index in [1.165, 1.54) is 0 Å². The Morgan fingerprint density at radius 3 is 2.73 bits per heavy atom. The minimum Gasteiger partial charge on any atom is -0.390 e. The van der Waals surface area contributed by atoms with Crippen LogP contribution < -0.4 is 5.32 Å². The topological polar surface area (TPSA) is 88.2 Å². The van der Waals surface area contributed by atoms with Gasteiger partial charge in [-0.15, -0.1) is 5.10 Å². The SMILES string of the molecule is CC1(O)CC(Nc2ncc3c(-c4ccc5nccnc5c4)ccn3n2)C1. The number of aromatic nitrogens is 5. The van der Waals surface area contributed by atoms with Crippen molar-refractivity contribution in [1.29, 1.82) is 0 Å². The fourth-order valence-electron chi connectivity index (χ4n) is 3.63. The van der Waals surface area contributed by atoms with Gasteiger partial charge in [0.2, 0.25) is 5.95 Å². The third kappa shape index (κ3) is 2.57. The summed E-state index contributed by atoms with van der Waals surface area (Å²) in [4.78, 5) is 13.1. The summed E-state index contributed by atoms with van der Waals surface area (Å²) >= 11 is 0. The van der Waals surface area contributed by atoms with E-state index in [4.69, 9.17) is 0 Å². The second kappa shape index (κ2) is 5.47. The number of hydrogen-bond donors (Lipinski definition) is 2. The van der Waals surface area contributed by atoms with E-state index in [1.807, 2.05) is 48.1 Å². The van der Waals surface area contributed by atoms with Gasteiger partial charge in [-0.2, -0.15) is 0 Å². The lowest BCUT2D eigenvalue weighted by atomic mass is 9.77. The zero-order chi connectivity index (χ0) is 17.7. The van der Waals surface area contributed by atoms with Gasteiger partial charge in [-0.1, -0.05) is 6.07 Å². The predicted octanol–water partition coefficient (Wildman–Crippen LogP) is 2.66. The summed E-state index contributed by atoms with van der Waals surface area (Å²) in [5.41, 5.74) is 4.20. The highest BCUT2D eigenvalue weighted by Crippen LogP contribution is 2.33. The van der Waals surface area contributed by atoms with E-state index in [2.05, 4.69) is 25.4 Å². The molecule has 0 atom stereocenters. The first-order valence-electron chi connectivity index (χ1n) is 8.62. The lowest BCUT2D eigenvalue weighted by Gasteiger charge is -2.41. The van der Waals surface area contributed by atoms with Crippen LogP contribution >= 0.6 is 0 Å². The monoisotopic (exact) mass is 346 g/mol. The zero-order valence-corrected chi connectivity index (χ0v) is 14.3. The van der Waals surface area contributed by atoms with Gasteiger partial charge in [0.15, 0.2) is 0 Å². The van der Waals surface area contributed by atoms with Crippen LogP contribution in [-0.4, -0.2) is 41.3 Å². The lowest BCUT2D eigenvalue weighted by Crippen LogP contribution is -2.48. The van der Waals surface area contributed by atoms with Gasteiger partial charge in [0.05, 0.1) is 28.3 Å². The number of rotatable bonds is 3. The molecular formula is C19H18N6O. The first-order valence-corrected chi connectivity index (χ1v) is 8.62. The van der Waals surface area contributed by atoms with Crippen LogP contribution in [0.4, 0.5) is 5.95 Å². The van der Waals surface area contributed by atoms with Gasteiger partial charge in [0.25, 0.3) is 0 Å². The molecule has 1 aromatic carbocycles.